The number of hydrogen-bond donors (Lipinski definition) is 1. The topological polar surface area (TPSA) is 65.9 Å². The number of hydrogen-bond acceptors (Lipinski definition) is 3. The van der Waals surface area contributed by atoms with Crippen molar-refractivity contribution in [3.8, 4) is 11.8 Å². The molecule has 0 spiro atoms. The van der Waals surface area contributed by atoms with Crippen LogP contribution in [0.15, 0.2) is 35.3 Å². The predicted octanol–water partition coefficient (Wildman–Crippen LogP) is 1.82. The van der Waals surface area contributed by atoms with Gasteiger partial charge >= 0.3 is 0 Å². The molecule has 0 amide bonds. The van der Waals surface area contributed by atoms with Gasteiger partial charge in [0.1, 0.15) is 11.8 Å². The first kappa shape index (κ1) is 10.2. The number of ether oxygens (including phenoxy) is 1. The molecule has 0 aliphatic carbocycles. The lowest BCUT2D eigenvalue weighted by molar-refractivity contribution is 0.277. The maximum absolute atomic E-state index is 11.5. The molecule has 2 rings (SSSR count). The van der Waals surface area contributed by atoms with E-state index in [0.717, 1.165) is 5.39 Å². The minimum absolute atomic E-state index is 0.160. The van der Waals surface area contributed by atoms with Crippen LogP contribution in [0.1, 0.15) is 6.92 Å². The maximum atomic E-state index is 11.5. The highest BCUT2D eigenvalue weighted by Crippen LogP contribution is 2.18. The van der Waals surface area contributed by atoms with Crippen LogP contribution in [0.5, 0.6) is 5.75 Å². The standard InChI is InChI=1S/C12H10N2O2/c1-8(7-13)16-10-3-2-9-4-5-14-12(15)11(9)6-10/h2-6,8H,1H3,(H,14,15). The highest BCUT2D eigenvalue weighted by molar-refractivity contribution is 5.82. The zero-order valence-corrected chi connectivity index (χ0v) is 8.73. The largest absolute Gasteiger partial charge is 0.476 e. The van der Waals surface area contributed by atoms with Gasteiger partial charge in [-0.2, -0.15) is 5.26 Å². The van der Waals surface area contributed by atoms with E-state index >= 15 is 0 Å². The van der Waals surface area contributed by atoms with E-state index in [1.807, 2.05) is 12.1 Å². The summed E-state index contributed by atoms with van der Waals surface area (Å²) in [5.41, 5.74) is -0.160. The third-order valence-electron chi connectivity index (χ3n) is 2.24. The van der Waals surface area contributed by atoms with E-state index < -0.39 is 6.10 Å². The zero-order chi connectivity index (χ0) is 11.5. The average Bonchev–Trinajstić information content (AvgIpc) is 2.30. The molecule has 4 heteroatoms. The number of nitriles is 1. The lowest BCUT2D eigenvalue weighted by Gasteiger charge is -2.07. The molecule has 1 unspecified atom stereocenters. The van der Waals surface area contributed by atoms with Gasteiger partial charge in [-0.15, -0.1) is 0 Å². The van der Waals surface area contributed by atoms with Crippen molar-refractivity contribution >= 4 is 10.8 Å². The minimum Gasteiger partial charge on any atom is -0.476 e. The normalized spacial score (nSPS) is 12.0. The van der Waals surface area contributed by atoms with Crippen LogP contribution in [-0.4, -0.2) is 11.1 Å². The van der Waals surface area contributed by atoms with Crippen LogP contribution in [0.25, 0.3) is 10.8 Å². The molecule has 1 heterocycles. The molecule has 1 N–H and O–H groups in total. The number of rotatable bonds is 2. The molecular weight excluding hydrogens is 204 g/mol. The molecule has 1 atom stereocenters. The molecule has 0 saturated heterocycles. The van der Waals surface area contributed by atoms with Gasteiger partial charge in [-0.05, 0) is 30.5 Å². The molecule has 4 nitrogen and oxygen atoms in total. The zero-order valence-electron chi connectivity index (χ0n) is 8.73. The van der Waals surface area contributed by atoms with Crippen molar-refractivity contribution in [3.05, 3.63) is 40.8 Å². The summed E-state index contributed by atoms with van der Waals surface area (Å²) >= 11 is 0. The summed E-state index contributed by atoms with van der Waals surface area (Å²) in [5, 5.41) is 10.0. The van der Waals surface area contributed by atoms with Gasteiger partial charge in [-0.3, -0.25) is 4.79 Å². The van der Waals surface area contributed by atoms with Crippen molar-refractivity contribution in [3.63, 3.8) is 0 Å². The SMILES string of the molecule is CC(C#N)Oc1ccc2cc[nH]c(=O)c2c1. The molecule has 2 aromatic rings. The summed E-state index contributed by atoms with van der Waals surface area (Å²) < 4.78 is 5.31. The molecule has 0 aliphatic heterocycles. The first-order valence-electron chi connectivity index (χ1n) is 4.88. The number of fused-ring (bicyclic) bond motifs is 1. The molecule has 0 aliphatic rings. The second kappa shape index (κ2) is 4.07. The number of nitrogens with one attached hydrogen (secondary N) is 1. The summed E-state index contributed by atoms with van der Waals surface area (Å²) in [7, 11) is 0. The van der Waals surface area contributed by atoms with E-state index in [-0.39, 0.29) is 5.56 Å². The van der Waals surface area contributed by atoms with E-state index in [4.69, 9.17) is 10.00 Å². The Morgan fingerprint density at radius 1 is 1.44 bits per heavy atom. The fourth-order valence-electron chi connectivity index (χ4n) is 1.47. The van der Waals surface area contributed by atoms with Gasteiger partial charge in [0, 0.05) is 6.20 Å². The van der Waals surface area contributed by atoms with Gasteiger partial charge in [0.2, 0.25) is 0 Å². The van der Waals surface area contributed by atoms with Crippen LogP contribution in [0.4, 0.5) is 0 Å². The van der Waals surface area contributed by atoms with Crippen LogP contribution in [0, 0.1) is 11.3 Å². The average molecular weight is 214 g/mol. The molecule has 80 valence electrons. The highest BCUT2D eigenvalue weighted by atomic mass is 16.5. The number of aromatic nitrogens is 1. The second-order valence-corrected chi connectivity index (χ2v) is 3.45. The van der Waals surface area contributed by atoms with Crippen molar-refractivity contribution in [2.75, 3.05) is 0 Å². The monoisotopic (exact) mass is 214 g/mol. The molecule has 0 saturated carbocycles. The van der Waals surface area contributed by atoms with Gasteiger partial charge in [0.25, 0.3) is 5.56 Å². The Kier molecular flexibility index (Phi) is 2.61. The fourth-order valence-corrected chi connectivity index (χ4v) is 1.47. The summed E-state index contributed by atoms with van der Waals surface area (Å²) in [6, 6.07) is 8.96. The Hall–Kier alpha value is -2.28. The highest BCUT2D eigenvalue weighted by Gasteiger charge is 2.04. The smallest absolute Gasteiger partial charge is 0.255 e. The van der Waals surface area contributed by atoms with E-state index in [0.29, 0.717) is 11.1 Å². The molecule has 16 heavy (non-hydrogen) atoms. The third kappa shape index (κ3) is 1.89. The van der Waals surface area contributed by atoms with Crippen LogP contribution >= 0.6 is 0 Å². The Bertz CT molecular complexity index is 610. The van der Waals surface area contributed by atoms with Crippen molar-refractivity contribution in [2.45, 2.75) is 13.0 Å². The maximum Gasteiger partial charge on any atom is 0.255 e. The van der Waals surface area contributed by atoms with Gasteiger partial charge in [0.05, 0.1) is 5.39 Å². The predicted molar refractivity (Wildman–Crippen MR) is 60.3 cm³/mol. The summed E-state index contributed by atoms with van der Waals surface area (Å²) in [5.74, 6) is 0.526. The van der Waals surface area contributed by atoms with Crippen LogP contribution in [0.3, 0.4) is 0 Å². The van der Waals surface area contributed by atoms with E-state index in [1.54, 1.807) is 31.3 Å². The Balaban J connectivity index is 2.48. The Labute approximate surface area is 92.1 Å². The number of H-pyrrole nitrogens is 1. The van der Waals surface area contributed by atoms with Crippen LogP contribution in [-0.2, 0) is 0 Å². The number of pyridine rings is 1. The summed E-state index contributed by atoms with van der Waals surface area (Å²) in [6.07, 6.45) is 1.07. The third-order valence-corrected chi connectivity index (χ3v) is 2.24. The summed E-state index contributed by atoms with van der Waals surface area (Å²) in [6.45, 7) is 1.65. The molecule has 0 bridgehead atoms. The molecule has 1 aromatic carbocycles. The van der Waals surface area contributed by atoms with Gasteiger partial charge in [0.15, 0.2) is 6.10 Å². The first-order valence-corrected chi connectivity index (χ1v) is 4.88. The first-order chi connectivity index (χ1) is 7.70. The van der Waals surface area contributed by atoms with Crippen molar-refractivity contribution in [1.82, 2.24) is 4.98 Å². The quantitative estimate of drug-likeness (QED) is 0.829. The van der Waals surface area contributed by atoms with E-state index in [9.17, 15) is 4.79 Å². The van der Waals surface area contributed by atoms with Gasteiger partial charge in [-0.25, -0.2) is 0 Å². The van der Waals surface area contributed by atoms with Crippen molar-refractivity contribution in [1.29, 1.82) is 5.26 Å². The number of nitrogens with zero attached hydrogens (tertiary/aromatic N) is 1. The fraction of sp³-hybridized carbons (Fsp3) is 0.167. The van der Waals surface area contributed by atoms with Crippen LogP contribution in [0.2, 0.25) is 0 Å². The lowest BCUT2D eigenvalue weighted by Crippen LogP contribution is -2.09. The van der Waals surface area contributed by atoms with Crippen molar-refractivity contribution < 1.29 is 4.74 Å². The summed E-state index contributed by atoms with van der Waals surface area (Å²) in [4.78, 5) is 14.1. The molecule has 0 radical (unpaired) electrons. The molecule has 1 aromatic heterocycles. The second-order valence-electron chi connectivity index (χ2n) is 3.45. The lowest BCUT2D eigenvalue weighted by atomic mass is 10.2. The van der Waals surface area contributed by atoms with Gasteiger partial charge < -0.3 is 9.72 Å². The Morgan fingerprint density at radius 2 is 2.25 bits per heavy atom. The molecular formula is C12H10N2O2. The van der Waals surface area contributed by atoms with E-state index in [2.05, 4.69) is 4.98 Å². The van der Waals surface area contributed by atoms with Gasteiger partial charge in [-0.1, -0.05) is 6.07 Å². The van der Waals surface area contributed by atoms with Crippen LogP contribution < -0.4 is 10.3 Å². The number of benzene rings is 1. The Morgan fingerprint density at radius 3 is 3.00 bits per heavy atom. The number of aromatic amines is 1. The minimum atomic E-state index is -0.528. The molecule has 0 fully saturated rings. The van der Waals surface area contributed by atoms with Crippen molar-refractivity contribution in [2.24, 2.45) is 0 Å². The van der Waals surface area contributed by atoms with E-state index in [1.165, 1.54) is 0 Å².